The van der Waals surface area contributed by atoms with Crippen LogP contribution in [0.15, 0.2) is 0 Å². The van der Waals surface area contributed by atoms with Gasteiger partial charge in [0, 0.05) is 24.5 Å². The maximum Gasteiger partial charge on any atom is 0.0643 e. The van der Waals surface area contributed by atoms with Crippen molar-refractivity contribution >= 4 is 11.6 Å². The number of rotatable bonds is 3. The van der Waals surface area contributed by atoms with Gasteiger partial charge in [0.05, 0.1) is 17.1 Å². The zero-order valence-corrected chi connectivity index (χ0v) is 11.6. The predicted molar refractivity (Wildman–Crippen MR) is 69.7 cm³/mol. The van der Waals surface area contributed by atoms with Gasteiger partial charge in [0.15, 0.2) is 0 Å². The van der Waals surface area contributed by atoms with Crippen LogP contribution in [0.2, 0.25) is 0 Å². The van der Waals surface area contributed by atoms with Crippen LogP contribution in [0.25, 0.3) is 0 Å². The van der Waals surface area contributed by atoms with Crippen LogP contribution in [0, 0.1) is 13.8 Å². The molecule has 1 saturated heterocycles. The molecule has 96 valence electrons. The monoisotopic (exact) mass is 256 g/mol. The molecule has 0 aromatic carbocycles. The molecule has 1 unspecified atom stereocenters. The van der Waals surface area contributed by atoms with E-state index in [1.165, 1.54) is 11.3 Å². The van der Waals surface area contributed by atoms with Crippen molar-refractivity contribution in [2.24, 2.45) is 0 Å². The highest BCUT2D eigenvalue weighted by molar-refractivity contribution is 6.20. The topological polar surface area (TPSA) is 27.1 Å². The van der Waals surface area contributed by atoms with E-state index in [-0.39, 0.29) is 5.38 Å². The summed E-state index contributed by atoms with van der Waals surface area (Å²) < 4.78 is 7.56. The highest BCUT2D eigenvalue weighted by atomic mass is 35.5. The minimum absolute atomic E-state index is 0.0867. The second-order valence-corrected chi connectivity index (χ2v) is 5.28. The van der Waals surface area contributed by atoms with E-state index in [1.807, 2.05) is 0 Å². The molecule has 1 aromatic rings. The molecule has 0 amide bonds. The number of ether oxygens (including phenoxy) is 1. The van der Waals surface area contributed by atoms with Crippen LogP contribution in [0.4, 0.5) is 0 Å². The molecule has 0 spiro atoms. The second kappa shape index (κ2) is 5.40. The molecule has 0 aliphatic carbocycles. The smallest absolute Gasteiger partial charge is 0.0643 e. The third-order valence-corrected chi connectivity index (χ3v) is 4.12. The molecule has 0 bridgehead atoms. The van der Waals surface area contributed by atoms with Gasteiger partial charge in [0.25, 0.3) is 0 Å². The minimum Gasteiger partial charge on any atom is -0.381 e. The lowest BCUT2D eigenvalue weighted by Gasteiger charge is -2.24. The molecule has 0 radical (unpaired) electrons. The quantitative estimate of drug-likeness (QED) is 0.774. The molecular formula is C13H21ClN2O. The lowest BCUT2D eigenvalue weighted by atomic mass is 10.1. The lowest BCUT2D eigenvalue weighted by Crippen LogP contribution is -2.21. The maximum atomic E-state index is 6.38. The fourth-order valence-corrected chi connectivity index (χ4v) is 2.93. The summed E-state index contributed by atoms with van der Waals surface area (Å²) in [7, 11) is 0. The van der Waals surface area contributed by atoms with Gasteiger partial charge in [-0.2, -0.15) is 5.10 Å². The molecular weight excluding hydrogens is 236 g/mol. The van der Waals surface area contributed by atoms with Crippen molar-refractivity contribution in [2.75, 3.05) is 13.2 Å². The van der Waals surface area contributed by atoms with Gasteiger partial charge >= 0.3 is 0 Å². The van der Waals surface area contributed by atoms with E-state index in [9.17, 15) is 0 Å². The first-order valence-corrected chi connectivity index (χ1v) is 6.86. The number of aromatic nitrogens is 2. The number of alkyl halides is 1. The molecule has 2 rings (SSSR count). The van der Waals surface area contributed by atoms with Crippen LogP contribution in [0.5, 0.6) is 0 Å². The summed E-state index contributed by atoms with van der Waals surface area (Å²) in [5.41, 5.74) is 3.53. The van der Waals surface area contributed by atoms with E-state index < -0.39 is 0 Å². The fourth-order valence-electron chi connectivity index (χ4n) is 2.62. The SMILES string of the molecule is CCC(Cl)c1c(C)nn(C2CCOCC2)c1C. The zero-order valence-electron chi connectivity index (χ0n) is 10.9. The Morgan fingerprint density at radius 1 is 1.41 bits per heavy atom. The molecule has 1 atom stereocenters. The van der Waals surface area contributed by atoms with Crippen molar-refractivity contribution < 1.29 is 4.74 Å². The van der Waals surface area contributed by atoms with Gasteiger partial charge in [0.1, 0.15) is 0 Å². The molecule has 4 heteroatoms. The van der Waals surface area contributed by atoms with E-state index in [0.29, 0.717) is 6.04 Å². The Balaban J connectivity index is 2.29. The number of hydrogen-bond donors (Lipinski definition) is 0. The van der Waals surface area contributed by atoms with Crippen LogP contribution in [-0.4, -0.2) is 23.0 Å². The van der Waals surface area contributed by atoms with Gasteiger partial charge in [-0.1, -0.05) is 6.92 Å². The van der Waals surface area contributed by atoms with Crippen molar-refractivity contribution in [1.29, 1.82) is 0 Å². The summed E-state index contributed by atoms with van der Waals surface area (Å²) in [5.74, 6) is 0. The largest absolute Gasteiger partial charge is 0.381 e. The van der Waals surface area contributed by atoms with Gasteiger partial charge in [-0.25, -0.2) is 0 Å². The van der Waals surface area contributed by atoms with Crippen LogP contribution >= 0.6 is 11.6 Å². The van der Waals surface area contributed by atoms with Crippen LogP contribution in [-0.2, 0) is 4.74 Å². The average Bonchev–Trinajstić information content (AvgIpc) is 2.65. The van der Waals surface area contributed by atoms with Crippen molar-refractivity contribution in [3.8, 4) is 0 Å². The molecule has 0 N–H and O–H groups in total. The van der Waals surface area contributed by atoms with Crippen molar-refractivity contribution in [3.05, 3.63) is 17.0 Å². The summed E-state index contributed by atoms with van der Waals surface area (Å²) in [6, 6.07) is 0.483. The summed E-state index contributed by atoms with van der Waals surface area (Å²) in [5, 5.41) is 4.77. The number of halogens is 1. The summed E-state index contributed by atoms with van der Waals surface area (Å²) in [4.78, 5) is 0. The first kappa shape index (κ1) is 12.9. The summed E-state index contributed by atoms with van der Waals surface area (Å²) in [6.07, 6.45) is 3.06. The minimum atomic E-state index is 0.0867. The van der Waals surface area contributed by atoms with Crippen LogP contribution < -0.4 is 0 Å². The Hall–Kier alpha value is -0.540. The van der Waals surface area contributed by atoms with E-state index in [0.717, 1.165) is 38.2 Å². The molecule has 1 aliphatic rings. The normalized spacial score (nSPS) is 19.5. The Labute approximate surface area is 108 Å². The molecule has 2 heterocycles. The van der Waals surface area contributed by atoms with Crippen molar-refractivity contribution in [1.82, 2.24) is 9.78 Å². The maximum absolute atomic E-state index is 6.38. The molecule has 0 saturated carbocycles. The Morgan fingerprint density at radius 3 is 2.65 bits per heavy atom. The van der Waals surface area contributed by atoms with E-state index in [1.54, 1.807) is 0 Å². The highest BCUT2D eigenvalue weighted by Gasteiger charge is 2.23. The second-order valence-electron chi connectivity index (χ2n) is 4.75. The number of nitrogens with zero attached hydrogens (tertiary/aromatic N) is 2. The van der Waals surface area contributed by atoms with Crippen molar-refractivity contribution in [3.63, 3.8) is 0 Å². The van der Waals surface area contributed by atoms with Crippen LogP contribution in [0.1, 0.15) is 54.6 Å². The van der Waals surface area contributed by atoms with Gasteiger partial charge < -0.3 is 4.74 Å². The van der Waals surface area contributed by atoms with E-state index >= 15 is 0 Å². The number of hydrogen-bond acceptors (Lipinski definition) is 2. The summed E-state index contributed by atoms with van der Waals surface area (Å²) >= 11 is 6.38. The van der Waals surface area contributed by atoms with Gasteiger partial charge in [-0.05, 0) is 33.1 Å². The Kier molecular flexibility index (Phi) is 4.10. The molecule has 17 heavy (non-hydrogen) atoms. The van der Waals surface area contributed by atoms with E-state index in [4.69, 9.17) is 16.3 Å². The third-order valence-electron chi connectivity index (χ3n) is 3.59. The van der Waals surface area contributed by atoms with Crippen molar-refractivity contribution in [2.45, 2.75) is 51.5 Å². The number of aryl methyl sites for hydroxylation is 1. The van der Waals surface area contributed by atoms with Gasteiger partial charge in [0.2, 0.25) is 0 Å². The average molecular weight is 257 g/mol. The standard InChI is InChI=1S/C13H21ClN2O/c1-4-12(14)13-9(2)15-16(10(13)3)11-5-7-17-8-6-11/h11-12H,4-8H2,1-3H3. The third kappa shape index (κ3) is 2.50. The van der Waals surface area contributed by atoms with Gasteiger partial charge in [-0.15, -0.1) is 11.6 Å². The molecule has 3 nitrogen and oxygen atoms in total. The molecule has 1 aliphatic heterocycles. The summed E-state index contributed by atoms with van der Waals surface area (Å²) in [6.45, 7) is 7.99. The first-order valence-electron chi connectivity index (χ1n) is 6.42. The van der Waals surface area contributed by atoms with Crippen LogP contribution in [0.3, 0.4) is 0 Å². The van der Waals surface area contributed by atoms with Gasteiger partial charge in [-0.3, -0.25) is 4.68 Å². The fraction of sp³-hybridized carbons (Fsp3) is 0.769. The van der Waals surface area contributed by atoms with E-state index in [2.05, 4.69) is 30.6 Å². The predicted octanol–water partition coefficient (Wildman–Crippen LogP) is 3.54. The highest BCUT2D eigenvalue weighted by Crippen LogP contribution is 2.32. The molecule has 1 aromatic heterocycles. The first-order chi connectivity index (χ1) is 8.15. The zero-order chi connectivity index (χ0) is 12.4. The Bertz CT molecular complexity index is 383. The lowest BCUT2D eigenvalue weighted by molar-refractivity contribution is 0.0656. The Morgan fingerprint density at radius 2 is 2.06 bits per heavy atom. The molecule has 1 fully saturated rings.